The maximum Gasteiger partial charge on any atom is 0.243 e. The van der Waals surface area contributed by atoms with Crippen LogP contribution in [0.15, 0.2) is 48.5 Å². The van der Waals surface area contributed by atoms with Crippen LogP contribution in [0, 0.1) is 0 Å². The first-order valence-electron chi connectivity index (χ1n) is 8.83. The monoisotopic (exact) mass is 339 g/mol. The van der Waals surface area contributed by atoms with Gasteiger partial charge in [-0.3, -0.25) is 4.79 Å². The predicted molar refractivity (Wildman–Crippen MR) is 102 cm³/mol. The summed E-state index contributed by atoms with van der Waals surface area (Å²) in [6.07, 6.45) is 3.82. The summed E-state index contributed by atoms with van der Waals surface area (Å²) >= 11 is 0. The van der Waals surface area contributed by atoms with Gasteiger partial charge in [-0.25, -0.2) is 0 Å². The molecule has 0 bridgehead atoms. The number of benzene rings is 2. The van der Waals surface area contributed by atoms with Crippen LogP contribution in [0.25, 0.3) is 0 Å². The van der Waals surface area contributed by atoms with Gasteiger partial charge in [-0.15, -0.1) is 0 Å². The predicted octanol–water partition coefficient (Wildman–Crippen LogP) is 3.22. The molecule has 3 N–H and O–H groups in total. The minimum absolute atomic E-state index is 0.00885. The Kier molecular flexibility index (Phi) is 5.90. The Labute approximate surface area is 148 Å². The van der Waals surface area contributed by atoms with Crippen molar-refractivity contribution in [1.29, 1.82) is 0 Å². The van der Waals surface area contributed by atoms with Crippen LogP contribution < -0.4 is 15.5 Å². The molecule has 0 unspecified atom stereocenters. The van der Waals surface area contributed by atoms with E-state index in [1.165, 1.54) is 24.9 Å². The fourth-order valence-corrected chi connectivity index (χ4v) is 3.07. The van der Waals surface area contributed by atoms with Gasteiger partial charge in [-0.05, 0) is 61.2 Å². The van der Waals surface area contributed by atoms with Gasteiger partial charge in [0.1, 0.15) is 0 Å². The molecule has 1 amide bonds. The fraction of sp³-hybridized carbons (Fsp3) is 0.350. The van der Waals surface area contributed by atoms with E-state index in [-0.39, 0.29) is 19.1 Å². The molecule has 1 aliphatic rings. The Morgan fingerprint density at radius 1 is 1.00 bits per heavy atom. The summed E-state index contributed by atoms with van der Waals surface area (Å²) in [6, 6.07) is 15.4. The second kappa shape index (κ2) is 8.53. The molecule has 25 heavy (non-hydrogen) atoms. The number of carbonyl (C=O) groups excluding carboxylic acids is 1. The smallest absolute Gasteiger partial charge is 0.243 e. The number of nitrogens with zero attached hydrogens (tertiary/aromatic N) is 1. The van der Waals surface area contributed by atoms with Gasteiger partial charge in [0.25, 0.3) is 0 Å². The lowest BCUT2D eigenvalue weighted by Crippen LogP contribution is -2.29. The standard InChI is InChI=1S/C20H25N3O2/c24-15-16-5-4-6-18(13-16)21-14-20(25)22-17-7-9-19(10-8-17)23-11-2-1-3-12-23/h4-10,13,21,24H,1-3,11-12,14-15H2,(H,22,25). The normalized spacial score (nSPS) is 14.2. The van der Waals surface area contributed by atoms with Gasteiger partial charge in [0.05, 0.1) is 13.2 Å². The van der Waals surface area contributed by atoms with Crippen molar-refractivity contribution < 1.29 is 9.90 Å². The van der Waals surface area contributed by atoms with E-state index in [0.717, 1.165) is 30.0 Å². The van der Waals surface area contributed by atoms with Crippen molar-refractivity contribution >= 4 is 23.0 Å². The van der Waals surface area contributed by atoms with Crippen LogP contribution in [0.1, 0.15) is 24.8 Å². The highest BCUT2D eigenvalue weighted by molar-refractivity contribution is 5.93. The van der Waals surface area contributed by atoms with E-state index in [0.29, 0.717) is 0 Å². The molecule has 1 fully saturated rings. The summed E-state index contributed by atoms with van der Waals surface area (Å²) in [5.41, 5.74) is 3.66. The quantitative estimate of drug-likeness (QED) is 0.756. The molecule has 1 heterocycles. The molecule has 0 aromatic heterocycles. The highest BCUT2D eigenvalue weighted by Crippen LogP contribution is 2.21. The van der Waals surface area contributed by atoms with E-state index in [9.17, 15) is 4.79 Å². The number of aliphatic hydroxyl groups is 1. The Bertz CT molecular complexity index is 694. The number of anilines is 3. The molecule has 132 valence electrons. The van der Waals surface area contributed by atoms with E-state index < -0.39 is 0 Å². The van der Waals surface area contributed by atoms with E-state index in [2.05, 4.69) is 27.7 Å². The third kappa shape index (κ3) is 4.97. The highest BCUT2D eigenvalue weighted by atomic mass is 16.3. The number of hydrogen-bond donors (Lipinski definition) is 3. The number of amides is 1. The van der Waals surface area contributed by atoms with Crippen LogP contribution >= 0.6 is 0 Å². The number of carbonyl (C=O) groups is 1. The van der Waals surface area contributed by atoms with Crippen LogP contribution in [-0.2, 0) is 11.4 Å². The molecule has 1 saturated heterocycles. The van der Waals surface area contributed by atoms with Crippen molar-refractivity contribution in [2.75, 3.05) is 35.2 Å². The van der Waals surface area contributed by atoms with Crippen molar-refractivity contribution in [2.24, 2.45) is 0 Å². The average Bonchev–Trinajstić information content (AvgIpc) is 2.68. The van der Waals surface area contributed by atoms with Crippen molar-refractivity contribution in [3.05, 3.63) is 54.1 Å². The first kappa shape index (κ1) is 17.3. The third-order valence-corrected chi connectivity index (χ3v) is 4.43. The molecule has 0 spiro atoms. The summed E-state index contributed by atoms with van der Waals surface area (Å²) in [4.78, 5) is 14.5. The van der Waals surface area contributed by atoms with Gasteiger partial charge in [0, 0.05) is 30.2 Å². The molecule has 5 heteroatoms. The lowest BCUT2D eigenvalue weighted by molar-refractivity contribution is -0.114. The molecule has 0 aliphatic carbocycles. The van der Waals surface area contributed by atoms with Gasteiger partial charge in [0.2, 0.25) is 5.91 Å². The second-order valence-electron chi connectivity index (χ2n) is 6.35. The minimum atomic E-state index is -0.0971. The lowest BCUT2D eigenvalue weighted by atomic mass is 10.1. The summed E-state index contributed by atoms with van der Waals surface area (Å²) in [5.74, 6) is -0.0971. The van der Waals surface area contributed by atoms with Crippen molar-refractivity contribution in [3.8, 4) is 0 Å². The molecule has 1 aliphatic heterocycles. The Hall–Kier alpha value is -2.53. The summed E-state index contributed by atoms with van der Waals surface area (Å²) in [7, 11) is 0. The number of rotatable bonds is 6. The van der Waals surface area contributed by atoms with Crippen LogP contribution in [0.5, 0.6) is 0 Å². The lowest BCUT2D eigenvalue weighted by Gasteiger charge is -2.28. The fourth-order valence-electron chi connectivity index (χ4n) is 3.07. The largest absolute Gasteiger partial charge is 0.392 e. The van der Waals surface area contributed by atoms with E-state index in [1.54, 1.807) is 0 Å². The number of aliphatic hydroxyl groups excluding tert-OH is 1. The number of nitrogens with one attached hydrogen (secondary N) is 2. The van der Waals surface area contributed by atoms with Crippen LogP contribution in [0.3, 0.4) is 0 Å². The zero-order valence-corrected chi connectivity index (χ0v) is 14.4. The van der Waals surface area contributed by atoms with E-state index >= 15 is 0 Å². The van der Waals surface area contributed by atoms with E-state index in [4.69, 9.17) is 5.11 Å². The SMILES string of the molecule is O=C(CNc1cccc(CO)c1)Nc1ccc(N2CCCCC2)cc1. The first-order valence-corrected chi connectivity index (χ1v) is 8.83. The summed E-state index contributed by atoms with van der Waals surface area (Å²) < 4.78 is 0. The molecular formula is C20H25N3O2. The van der Waals surface area contributed by atoms with Crippen LogP contribution in [0.4, 0.5) is 17.1 Å². The Balaban J connectivity index is 1.50. The van der Waals surface area contributed by atoms with Gasteiger partial charge in [0.15, 0.2) is 0 Å². The molecule has 0 saturated carbocycles. The third-order valence-electron chi connectivity index (χ3n) is 4.43. The maximum absolute atomic E-state index is 12.1. The Morgan fingerprint density at radius 2 is 1.76 bits per heavy atom. The van der Waals surface area contributed by atoms with Crippen molar-refractivity contribution in [1.82, 2.24) is 0 Å². The maximum atomic E-state index is 12.1. The second-order valence-corrected chi connectivity index (χ2v) is 6.35. The molecular weight excluding hydrogens is 314 g/mol. The van der Waals surface area contributed by atoms with E-state index in [1.807, 2.05) is 36.4 Å². The molecule has 0 radical (unpaired) electrons. The summed E-state index contributed by atoms with van der Waals surface area (Å²) in [5, 5.41) is 15.1. The zero-order valence-electron chi connectivity index (χ0n) is 14.4. The van der Waals surface area contributed by atoms with Gasteiger partial charge in [-0.1, -0.05) is 12.1 Å². The van der Waals surface area contributed by atoms with Crippen LogP contribution in [-0.4, -0.2) is 30.6 Å². The minimum Gasteiger partial charge on any atom is -0.392 e. The zero-order chi connectivity index (χ0) is 17.5. The number of piperidine rings is 1. The van der Waals surface area contributed by atoms with Gasteiger partial charge < -0.3 is 20.6 Å². The van der Waals surface area contributed by atoms with Crippen LogP contribution in [0.2, 0.25) is 0 Å². The molecule has 2 aromatic carbocycles. The van der Waals surface area contributed by atoms with Gasteiger partial charge >= 0.3 is 0 Å². The summed E-state index contributed by atoms with van der Waals surface area (Å²) in [6.45, 7) is 2.40. The highest BCUT2D eigenvalue weighted by Gasteiger charge is 2.11. The van der Waals surface area contributed by atoms with Crippen molar-refractivity contribution in [2.45, 2.75) is 25.9 Å². The number of hydrogen-bond acceptors (Lipinski definition) is 4. The topological polar surface area (TPSA) is 64.6 Å². The molecule has 5 nitrogen and oxygen atoms in total. The molecule has 3 rings (SSSR count). The van der Waals surface area contributed by atoms with Crippen molar-refractivity contribution in [3.63, 3.8) is 0 Å². The van der Waals surface area contributed by atoms with Gasteiger partial charge in [-0.2, -0.15) is 0 Å². The first-order chi connectivity index (χ1) is 12.2. The molecule has 0 atom stereocenters. The average molecular weight is 339 g/mol. The Morgan fingerprint density at radius 3 is 2.48 bits per heavy atom. The molecule has 2 aromatic rings.